The summed E-state index contributed by atoms with van der Waals surface area (Å²) < 4.78 is 1.87. The molecule has 1 amide bonds. The first-order chi connectivity index (χ1) is 13.0. The Bertz CT molecular complexity index is 800. The van der Waals surface area contributed by atoms with Crippen molar-refractivity contribution in [3.05, 3.63) is 47.5 Å². The predicted molar refractivity (Wildman–Crippen MR) is 105 cm³/mol. The summed E-state index contributed by atoms with van der Waals surface area (Å²) in [5.74, 6) is 3.58. The Kier molecular flexibility index (Phi) is 5.02. The summed E-state index contributed by atoms with van der Waals surface area (Å²) in [6.07, 6.45) is 5.61. The lowest BCUT2D eigenvalue weighted by Crippen LogP contribution is -2.59. The average Bonchev–Trinajstić information content (AvgIpc) is 2.99. The molecular formula is C22H30N4O. The first-order valence-electron chi connectivity index (χ1n) is 10.3. The van der Waals surface area contributed by atoms with E-state index in [1.165, 1.54) is 31.2 Å². The topological polar surface area (TPSA) is 59.8 Å². The molecule has 0 radical (unpaired) electrons. The molecule has 3 unspecified atom stereocenters. The van der Waals surface area contributed by atoms with Gasteiger partial charge in [0.2, 0.25) is 5.91 Å². The minimum atomic E-state index is 0.0172. The van der Waals surface area contributed by atoms with Crippen LogP contribution in [0.3, 0.4) is 0 Å². The molecular weight excluding hydrogens is 336 g/mol. The molecule has 1 aromatic carbocycles. The van der Waals surface area contributed by atoms with Gasteiger partial charge in [0, 0.05) is 18.4 Å². The Morgan fingerprint density at radius 2 is 1.89 bits per heavy atom. The van der Waals surface area contributed by atoms with Crippen LogP contribution in [0.5, 0.6) is 0 Å². The molecule has 5 atom stereocenters. The third kappa shape index (κ3) is 3.52. The van der Waals surface area contributed by atoms with Crippen molar-refractivity contribution in [2.45, 2.75) is 70.9 Å². The van der Waals surface area contributed by atoms with Crippen LogP contribution in [0.15, 0.2) is 30.3 Å². The molecule has 2 fully saturated rings. The summed E-state index contributed by atoms with van der Waals surface area (Å²) in [4.78, 5) is 17.2. The second-order valence-electron chi connectivity index (χ2n) is 8.35. The summed E-state index contributed by atoms with van der Waals surface area (Å²) in [5, 5.41) is 7.82. The van der Waals surface area contributed by atoms with E-state index in [1.54, 1.807) is 0 Å². The molecule has 0 saturated heterocycles. The molecule has 144 valence electrons. The summed E-state index contributed by atoms with van der Waals surface area (Å²) in [6, 6.07) is 11.0. The van der Waals surface area contributed by atoms with E-state index in [0.29, 0.717) is 18.3 Å². The maximum absolute atomic E-state index is 12.8. The van der Waals surface area contributed by atoms with Crippen LogP contribution in [-0.4, -0.2) is 26.7 Å². The monoisotopic (exact) mass is 366 g/mol. The molecule has 0 spiro atoms. The normalized spacial score (nSPS) is 28.1. The first-order valence-corrected chi connectivity index (χ1v) is 10.3. The second kappa shape index (κ2) is 7.45. The van der Waals surface area contributed by atoms with E-state index in [2.05, 4.69) is 45.7 Å². The van der Waals surface area contributed by atoms with E-state index < -0.39 is 0 Å². The number of fused-ring (bicyclic) bond motifs is 1. The molecule has 2 aliphatic rings. The van der Waals surface area contributed by atoms with Gasteiger partial charge in [0.15, 0.2) is 0 Å². The lowest BCUT2D eigenvalue weighted by Gasteiger charge is -2.55. The smallest absolute Gasteiger partial charge is 0.222 e. The third-order valence-electron chi connectivity index (χ3n) is 6.50. The van der Waals surface area contributed by atoms with Gasteiger partial charge in [-0.05, 0) is 51.0 Å². The molecule has 27 heavy (non-hydrogen) atoms. The van der Waals surface area contributed by atoms with Crippen LogP contribution in [0.25, 0.3) is 0 Å². The quantitative estimate of drug-likeness (QED) is 0.872. The molecule has 2 aliphatic carbocycles. The zero-order valence-electron chi connectivity index (χ0n) is 16.6. The minimum Gasteiger partial charge on any atom is -0.352 e. The lowest BCUT2D eigenvalue weighted by molar-refractivity contribution is -0.125. The highest BCUT2D eigenvalue weighted by molar-refractivity contribution is 5.77. The van der Waals surface area contributed by atoms with Crippen molar-refractivity contribution in [1.29, 1.82) is 0 Å². The molecule has 5 nitrogen and oxygen atoms in total. The van der Waals surface area contributed by atoms with Gasteiger partial charge >= 0.3 is 0 Å². The van der Waals surface area contributed by atoms with Crippen LogP contribution >= 0.6 is 0 Å². The summed E-state index contributed by atoms with van der Waals surface area (Å²) >= 11 is 0. The average molecular weight is 367 g/mol. The van der Waals surface area contributed by atoms with Crippen molar-refractivity contribution in [3.8, 4) is 0 Å². The fraction of sp³-hybridized carbons (Fsp3) is 0.591. The Labute approximate surface area is 161 Å². The van der Waals surface area contributed by atoms with Crippen molar-refractivity contribution < 1.29 is 4.79 Å². The molecule has 4 rings (SSSR count). The number of nitrogens with zero attached hydrogens (tertiary/aromatic N) is 3. The van der Waals surface area contributed by atoms with Crippen molar-refractivity contribution in [3.63, 3.8) is 0 Å². The van der Waals surface area contributed by atoms with Gasteiger partial charge in [-0.2, -0.15) is 5.10 Å². The van der Waals surface area contributed by atoms with Gasteiger partial charge in [-0.25, -0.2) is 9.67 Å². The van der Waals surface area contributed by atoms with Crippen molar-refractivity contribution in [1.82, 2.24) is 20.1 Å². The lowest BCUT2D eigenvalue weighted by atomic mass is 9.53. The number of amides is 1. The maximum Gasteiger partial charge on any atom is 0.222 e. The Morgan fingerprint density at radius 3 is 2.56 bits per heavy atom. The van der Waals surface area contributed by atoms with Crippen LogP contribution in [0.2, 0.25) is 0 Å². The number of nitrogens with one attached hydrogen (secondary N) is 1. The highest BCUT2D eigenvalue weighted by Crippen LogP contribution is 2.54. The number of aryl methyl sites for hydroxylation is 2. The summed E-state index contributed by atoms with van der Waals surface area (Å²) in [6.45, 7) is 5.87. The highest BCUT2D eigenvalue weighted by Gasteiger charge is 2.51. The predicted octanol–water partition coefficient (Wildman–Crippen LogP) is 3.93. The van der Waals surface area contributed by atoms with Crippen LogP contribution in [0.4, 0.5) is 0 Å². The number of carbonyl (C=O) groups excluding carboxylic acids is 1. The molecule has 5 heteroatoms. The zero-order valence-corrected chi connectivity index (χ0v) is 16.6. The number of rotatable bonds is 5. The van der Waals surface area contributed by atoms with E-state index in [9.17, 15) is 4.79 Å². The molecule has 1 aromatic heterocycles. The number of hydrogen-bond donors (Lipinski definition) is 1. The number of benzene rings is 1. The minimum absolute atomic E-state index is 0.0172. The number of carbonyl (C=O) groups is 1. The van der Waals surface area contributed by atoms with Crippen molar-refractivity contribution in [2.24, 2.45) is 11.8 Å². The third-order valence-corrected chi connectivity index (χ3v) is 6.50. The second-order valence-corrected chi connectivity index (χ2v) is 8.35. The zero-order chi connectivity index (χ0) is 19.0. The van der Waals surface area contributed by atoms with Crippen LogP contribution in [-0.2, 0) is 4.79 Å². The fourth-order valence-electron chi connectivity index (χ4n) is 5.35. The summed E-state index contributed by atoms with van der Waals surface area (Å²) in [7, 11) is 0. The van der Waals surface area contributed by atoms with Gasteiger partial charge in [0.1, 0.15) is 11.6 Å². The molecule has 2 saturated carbocycles. The van der Waals surface area contributed by atoms with Gasteiger partial charge in [0.25, 0.3) is 0 Å². The Hall–Kier alpha value is -2.17. The SMILES string of the molecule is Cc1nc(C)n(C(C)CC(=O)N[C@H]2C3CCCCC3[C@@H]2c2ccccc2)n1. The van der Waals surface area contributed by atoms with Crippen LogP contribution in [0, 0.1) is 25.7 Å². The van der Waals surface area contributed by atoms with Gasteiger partial charge in [-0.1, -0.05) is 43.2 Å². The molecule has 0 bridgehead atoms. The Morgan fingerprint density at radius 1 is 1.19 bits per heavy atom. The van der Waals surface area contributed by atoms with Crippen molar-refractivity contribution in [2.75, 3.05) is 0 Å². The van der Waals surface area contributed by atoms with Crippen molar-refractivity contribution >= 4 is 5.91 Å². The number of aromatic nitrogens is 3. The van der Waals surface area contributed by atoms with Gasteiger partial charge < -0.3 is 5.32 Å². The molecule has 1 heterocycles. The van der Waals surface area contributed by atoms with Gasteiger partial charge in [-0.15, -0.1) is 0 Å². The standard InChI is InChI=1S/C22H30N4O/c1-14(26-16(3)23-15(2)25-26)13-20(27)24-22-19-12-8-7-11-18(19)21(22)17-9-5-4-6-10-17/h4-6,9-10,14,18-19,21-22H,7-8,11-13H2,1-3H3,(H,24,27)/t14?,18?,19?,21-,22-/m0/s1. The van der Waals surface area contributed by atoms with Crippen LogP contribution < -0.4 is 5.32 Å². The number of hydrogen-bond acceptors (Lipinski definition) is 3. The highest BCUT2D eigenvalue weighted by atomic mass is 16.1. The van der Waals surface area contributed by atoms with Gasteiger partial charge in [0.05, 0.1) is 6.04 Å². The largest absolute Gasteiger partial charge is 0.352 e. The van der Waals surface area contributed by atoms with E-state index in [1.807, 2.05) is 25.5 Å². The summed E-state index contributed by atoms with van der Waals surface area (Å²) in [5.41, 5.74) is 1.38. The van der Waals surface area contributed by atoms with E-state index in [4.69, 9.17) is 0 Å². The maximum atomic E-state index is 12.8. The van der Waals surface area contributed by atoms with Gasteiger partial charge in [-0.3, -0.25) is 4.79 Å². The molecule has 2 aromatic rings. The van der Waals surface area contributed by atoms with Crippen LogP contribution in [0.1, 0.15) is 68.2 Å². The van der Waals surface area contributed by atoms with E-state index in [0.717, 1.165) is 17.6 Å². The van der Waals surface area contributed by atoms with E-state index >= 15 is 0 Å². The molecule has 1 N–H and O–H groups in total. The molecule has 0 aliphatic heterocycles. The Balaban J connectivity index is 1.45. The first kappa shape index (κ1) is 18.2. The van der Waals surface area contributed by atoms with E-state index in [-0.39, 0.29) is 18.0 Å². The fourth-order valence-corrected chi connectivity index (χ4v) is 5.35.